The summed E-state index contributed by atoms with van der Waals surface area (Å²) in [5.41, 5.74) is 0.735. The number of hydrogen-bond donors (Lipinski definition) is 2. The van der Waals surface area contributed by atoms with Gasteiger partial charge < -0.3 is 24.8 Å². The number of aromatic nitrogens is 1. The Morgan fingerprint density at radius 1 is 1.24 bits per heavy atom. The molecule has 1 saturated heterocycles. The van der Waals surface area contributed by atoms with E-state index in [1.807, 2.05) is 0 Å². The molecule has 0 atom stereocenters. The summed E-state index contributed by atoms with van der Waals surface area (Å²) in [5.74, 6) is 0.0512. The Morgan fingerprint density at radius 3 is 2.62 bits per heavy atom. The molecule has 0 radical (unpaired) electrons. The quantitative estimate of drug-likeness (QED) is 0.614. The number of benzene rings is 1. The Labute approximate surface area is 196 Å². The molecular formula is C23H28F3N4O3P. The van der Waals surface area contributed by atoms with Gasteiger partial charge in [0, 0.05) is 51.2 Å². The van der Waals surface area contributed by atoms with Crippen LogP contribution in [0.25, 0.3) is 0 Å². The van der Waals surface area contributed by atoms with Crippen LogP contribution in [0, 0.1) is 6.92 Å². The lowest BCUT2D eigenvalue weighted by molar-refractivity contribution is -0.138. The van der Waals surface area contributed by atoms with Gasteiger partial charge in [-0.25, -0.2) is 4.98 Å². The number of aromatic hydroxyl groups is 1. The topological polar surface area (TPSA) is 85.8 Å². The van der Waals surface area contributed by atoms with Gasteiger partial charge in [0.15, 0.2) is 0 Å². The molecule has 0 unspecified atom stereocenters. The number of rotatable bonds is 3. The second-order valence-electron chi connectivity index (χ2n) is 9.07. The lowest BCUT2D eigenvalue weighted by atomic mass is 10.0. The number of anilines is 2. The number of carbonyl (C=O) groups is 1. The van der Waals surface area contributed by atoms with Crippen LogP contribution in [0.15, 0.2) is 24.4 Å². The predicted molar refractivity (Wildman–Crippen MR) is 125 cm³/mol. The average Bonchev–Trinajstić information content (AvgIpc) is 2.95. The van der Waals surface area contributed by atoms with Crippen molar-refractivity contribution in [2.45, 2.75) is 26.1 Å². The maximum atomic E-state index is 13.6. The molecular weight excluding hydrogens is 468 g/mol. The summed E-state index contributed by atoms with van der Waals surface area (Å²) < 4.78 is 53.2. The second-order valence-corrected chi connectivity index (χ2v) is 12.6. The Morgan fingerprint density at radius 2 is 1.94 bits per heavy atom. The summed E-state index contributed by atoms with van der Waals surface area (Å²) in [6.45, 7) is 5.29. The van der Waals surface area contributed by atoms with Crippen LogP contribution in [-0.2, 0) is 17.3 Å². The van der Waals surface area contributed by atoms with Gasteiger partial charge in [0.25, 0.3) is 5.91 Å². The van der Waals surface area contributed by atoms with Crippen LogP contribution in [0.3, 0.4) is 0 Å². The number of fused-ring (bicyclic) bond motifs is 1. The van der Waals surface area contributed by atoms with E-state index in [-0.39, 0.29) is 23.8 Å². The number of nitrogens with zero attached hydrogens (tertiary/aromatic N) is 3. The van der Waals surface area contributed by atoms with E-state index in [1.54, 1.807) is 23.4 Å². The minimum Gasteiger partial charge on any atom is -0.508 e. The third kappa shape index (κ3) is 5.02. The number of halogens is 3. The minimum atomic E-state index is -4.56. The maximum Gasteiger partial charge on any atom is 0.416 e. The largest absolute Gasteiger partial charge is 0.508 e. The third-order valence-electron chi connectivity index (χ3n) is 6.48. The van der Waals surface area contributed by atoms with Crippen LogP contribution in [0.5, 0.6) is 5.75 Å². The van der Waals surface area contributed by atoms with Gasteiger partial charge in [-0.15, -0.1) is 0 Å². The number of pyridine rings is 1. The van der Waals surface area contributed by atoms with Crippen molar-refractivity contribution in [2.75, 3.05) is 55.4 Å². The summed E-state index contributed by atoms with van der Waals surface area (Å²) in [5, 5.41) is 13.1. The molecule has 0 saturated carbocycles. The van der Waals surface area contributed by atoms with E-state index in [4.69, 9.17) is 0 Å². The molecule has 3 heterocycles. The van der Waals surface area contributed by atoms with Crippen LogP contribution in [0.4, 0.5) is 24.7 Å². The molecule has 2 aliphatic rings. The van der Waals surface area contributed by atoms with Gasteiger partial charge in [0.05, 0.1) is 24.0 Å². The van der Waals surface area contributed by atoms with Crippen LogP contribution in [0.1, 0.15) is 33.5 Å². The fourth-order valence-electron chi connectivity index (χ4n) is 4.53. The monoisotopic (exact) mass is 496 g/mol. The van der Waals surface area contributed by atoms with E-state index in [9.17, 15) is 27.6 Å². The zero-order valence-electron chi connectivity index (χ0n) is 19.2. The van der Waals surface area contributed by atoms with E-state index in [1.165, 1.54) is 6.20 Å². The molecule has 7 nitrogen and oxygen atoms in total. The maximum absolute atomic E-state index is 13.6. The molecule has 0 aliphatic carbocycles. The van der Waals surface area contributed by atoms with Crippen LogP contribution in [-0.4, -0.2) is 66.1 Å². The van der Waals surface area contributed by atoms with Crippen molar-refractivity contribution in [1.82, 2.24) is 9.88 Å². The van der Waals surface area contributed by atoms with Crippen molar-refractivity contribution in [3.8, 4) is 5.75 Å². The second kappa shape index (κ2) is 9.13. The van der Waals surface area contributed by atoms with Crippen LogP contribution >= 0.6 is 7.14 Å². The molecule has 0 bridgehead atoms. The van der Waals surface area contributed by atoms with Crippen LogP contribution < -0.4 is 10.2 Å². The molecule has 11 heteroatoms. The molecule has 0 spiro atoms. The highest BCUT2D eigenvalue weighted by atomic mass is 31.2. The molecule has 4 rings (SSSR count). The molecule has 2 aliphatic heterocycles. The first-order chi connectivity index (χ1) is 16.0. The molecule has 1 fully saturated rings. The standard InChI is InChI=1S/C23H28F3N4O3P/c1-15-18(22(32)29-8-10-34(2,33)11-9-29)13-28-21-20(15)30(7-3-6-27-21)14-16-12-17(31)4-5-19(16)23(24,25)26/h4-5,12-13,31H,3,6-11,14H2,1-2H3,(H,27,28). The zero-order chi connectivity index (χ0) is 24.7. The first-order valence-corrected chi connectivity index (χ1v) is 13.7. The lowest BCUT2D eigenvalue weighted by Crippen LogP contribution is -2.40. The molecule has 34 heavy (non-hydrogen) atoms. The summed E-state index contributed by atoms with van der Waals surface area (Å²) in [4.78, 5) is 21.2. The van der Waals surface area contributed by atoms with Crippen molar-refractivity contribution in [2.24, 2.45) is 0 Å². The van der Waals surface area contributed by atoms with Crippen molar-refractivity contribution >= 4 is 24.6 Å². The number of nitrogens with one attached hydrogen (secondary N) is 1. The Balaban J connectivity index is 1.70. The highest BCUT2D eigenvalue weighted by molar-refractivity contribution is 7.63. The summed E-state index contributed by atoms with van der Waals surface area (Å²) in [7, 11) is -2.20. The minimum absolute atomic E-state index is 0.0498. The first-order valence-electron chi connectivity index (χ1n) is 11.2. The van der Waals surface area contributed by atoms with Crippen LogP contribution in [0.2, 0.25) is 0 Å². The normalized spacial score (nSPS) is 18.1. The smallest absolute Gasteiger partial charge is 0.416 e. The third-order valence-corrected chi connectivity index (χ3v) is 8.77. The van der Waals surface area contributed by atoms with Gasteiger partial charge >= 0.3 is 6.18 Å². The first kappa shape index (κ1) is 24.4. The van der Waals surface area contributed by atoms with Gasteiger partial charge in [0.2, 0.25) is 0 Å². The van der Waals surface area contributed by atoms with Gasteiger partial charge in [-0.2, -0.15) is 13.2 Å². The van der Waals surface area contributed by atoms with Crippen molar-refractivity contribution in [3.05, 3.63) is 46.6 Å². The number of phenols is 1. The van der Waals surface area contributed by atoms with Gasteiger partial charge in [-0.05, 0) is 49.3 Å². The Hall–Kier alpha value is -2.74. The van der Waals surface area contributed by atoms with Gasteiger partial charge in [0.1, 0.15) is 11.6 Å². The van der Waals surface area contributed by atoms with Crippen molar-refractivity contribution in [3.63, 3.8) is 0 Å². The van der Waals surface area contributed by atoms with E-state index in [0.29, 0.717) is 67.6 Å². The zero-order valence-corrected chi connectivity index (χ0v) is 20.0. The number of alkyl halides is 3. The molecule has 184 valence electrons. The number of carbonyl (C=O) groups excluding carboxylic acids is 1. The fraction of sp³-hybridized carbons (Fsp3) is 0.478. The highest BCUT2D eigenvalue weighted by Crippen LogP contribution is 2.43. The predicted octanol–water partition coefficient (Wildman–Crippen LogP) is 4.39. The fourth-order valence-corrected chi connectivity index (χ4v) is 6.08. The van der Waals surface area contributed by atoms with E-state index >= 15 is 0 Å². The van der Waals surface area contributed by atoms with Gasteiger partial charge in [-0.3, -0.25) is 4.79 Å². The van der Waals surface area contributed by atoms with Crippen molar-refractivity contribution in [1.29, 1.82) is 0 Å². The SMILES string of the molecule is Cc1c(C(=O)N2CCP(C)(=O)CC2)cnc2c1N(Cc1cc(O)ccc1C(F)(F)F)CCCN2. The number of amides is 1. The molecule has 1 amide bonds. The van der Waals surface area contributed by atoms with Crippen molar-refractivity contribution < 1.29 is 27.6 Å². The van der Waals surface area contributed by atoms with Gasteiger partial charge in [-0.1, -0.05) is 0 Å². The lowest BCUT2D eigenvalue weighted by Gasteiger charge is -2.32. The Kier molecular flexibility index (Phi) is 6.55. The Bertz CT molecular complexity index is 1140. The molecule has 1 aromatic heterocycles. The average molecular weight is 496 g/mol. The molecule has 2 aromatic rings. The van der Waals surface area contributed by atoms with E-state index < -0.39 is 18.9 Å². The summed E-state index contributed by atoms with van der Waals surface area (Å²) >= 11 is 0. The van der Waals surface area contributed by atoms with E-state index in [0.717, 1.165) is 18.2 Å². The van der Waals surface area contributed by atoms with E-state index in [2.05, 4.69) is 10.3 Å². The molecule has 2 N–H and O–H groups in total. The molecule has 1 aromatic carbocycles. The number of hydrogen-bond acceptors (Lipinski definition) is 6. The summed E-state index contributed by atoms with van der Waals surface area (Å²) in [6.07, 6.45) is -1.45. The summed E-state index contributed by atoms with van der Waals surface area (Å²) in [6, 6.07) is 3.05. The number of phenolic OH excluding ortho intramolecular Hbond substituents is 1. The highest BCUT2D eigenvalue weighted by Gasteiger charge is 2.35.